The van der Waals surface area contributed by atoms with Gasteiger partial charge >= 0.3 is 0 Å². The van der Waals surface area contributed by atoms with Crippen molar-refractivity contribution in [2.45, 2.75) is 109 Å². The van der Waals surface area contributed by atoms with Crippen LogP contribution in [0.4, 0.5) is 0 Å². The summed E-state index contributed by atoms with van der Waals surface area (Å²) in [6.07, 6.45) is 22.6. The first-order valence-electron chi connectivity index (χ1n) is 13.8. The van der Waals surface area contributed by atoms with E-state index in [-0.39, 0.29) is 5.78 Å². The summed E-state index contributed by atoms with van der Waals surface area (Å²) < 4.78 is 0. The number of ketones is 1. The third kappa shape index (κ3) is 12.6. The van der Waals surface area contributed by atoms with E-state index in [0.29, 0.717) is 0 Å². The number of unbranched alkanes of at least 4 members (excludes halogenated alkanes) is 11. The van der Waals surface area contributed by atoms with E-state index >= 15 is 0 Å². The molecular formula is C32H46OS. The van der Waals surface area contributed by atoms with E-state index in [1.165, 1.54) is 93.3 Å². The molecule has 0 heterocycles. The van der Waals surface area contributed by atoms with Gasteiger partial charge in [0.25, 0.3) is 0 Å². The Kier molecular flexibility index (Phi) is 15.5. The lowest BCUT2D eigenvalue weighted by Gasteiger charge is -2.04. The molecule has 0 N–H and O–H groups in total. The van der Waals surface area contributed by atoms with Gasteiger partial charge in [0.05, 0.1) is 0 Å². The topological polar surface area (TPSA) is 17.1 Å². The van der Waals surface area contributed by atoms with Crippen LogP contribution in [0.2, 0.25) is 0 Å². The molecule has 0 aliphatic heterocycles. The van der Waals surface area contributed by atoms with Crippen molar-refractivity contribution < 1.29 is 4.79 Å². The van der Waals surface area contributed by atoms with Crippen molar-refractivity contribution in [2.24, 2.45) is 0 Å². The SMILES string of the molecule is CCCCCCCCCCCCCCSc1ccc(/C=C/C(=O)c2ccc(CCC)cc2)cc1. The van der Waals surface area contributed by atoms with Gasteiger partial charge in [0.2, 0.25) is 0 Å². The summed E-state index contributed by atoms with van der Waals surface area (Å²) >= 11 is 1.95. The average Bonchev–Trinajstić information content (AvgIpc) is 2.87. The largest absolute Gasteiger partial charge is 0.289 e. The predicted molar refractivity (Wildman–Crippen MR) is 152 cm³/mol. The van der Waals surface area contributed by atoms with Crippen molar-refractivity contribution in [1.29, 1.82) is 0 Å². The fraction of sp³-hybridized carbons (Fsp3) is 0.531. The minimum Gasteiger partial charge on any atom is -0.289 e. The Labute approximate surface area is 213 Å². The molecule has 0 fully saturated rings. The highest BCUT2D eigenvalue weighted by Crippen LogP contribution is 2.21. The van der Waals surface area contributed by atoms with Crippen molar-refractivity contribution in [1.82, 2.24) is 0 Å². The van der Waals surface area contributed by atoms with Gasteiger partial charge in [-0.25, -0.2) is 0 Å². The van der Waals surface area contributed by atoms with Gasteiger partial charge in [-0.3, -0.25) is 4.79 Å². The lowest BCUT2D eigenvalue weighted by atomic mass is 10.0. The van der Waals surface area contributed by atoms with Gasteiger partial charge in [0.15, 0.2) is 5.78 Å². The van der Waals surface area contributed by atoms with Gasteiger partial charge in [0.1, 0.15) is 0 Å². The van der Waals surface area contributed by atoms with Crippen LogP contribution in [-0.2, 0) is 6.42 Å². The minimum absolute atomic E-state index is 0.0634. The molecule has 0 saturated carbocycles. The molecule has 0 radical (unpaired) electrons. The highest BCUT2D eigenvalue weighted by atomic mass is 32.2. The highest BCUT2D eigenvalue weighted by Gasteiger charge is 2.02. The average molecular weight is 479 g/mol. The Morgan fingerprint density at radius 3 is 1.79 bits per heavy atom. The molecule has 0 saturated heterocycles. The summed E-state index contributed by atoms with van der Waals surface area (Å²) in [5, 5.41) is 0. The zero-order valence-corrected chi connectivity index (χ0v) is 22.5. The molecule has 0 aliphatic carbocycles. The normalized spacial score (nSPS) is 11.4. The Morgan fingerprint density at radius 2 is 1.24 bits per heavy atom. The van der Waals surface area contributed by atoms with Gasteiger partial charge < -0.3 is 0 Å². The number of carbonyl (C=O) groups excluding carboxylic acids is 1. The number of hydrogen-bond acceptors (Lipinski definition) is 2. The Bertz CT molecular complexity index is 804. The Balaban J connectivity index is 1.55. The van der Waals surface area contributed by atoms with Crippen molar-refractivity contribution >= 4 is 23.6 Å². The molecular weight excluding hydrogens is 432 g/mol. The number of hydrogen-bond donors (Lipinski definition) is 0. The molecule has 0 bridgehead atoms. The number of carbonyl (C=O) groups is 1. The molecule has 186 valence electrons. The number of aryl methyl sites for hydroxylation is 1. The second kappa shape index (κ2) is 18.5. The highest BCUT2D eigenvalue weighted by molar-refractivity contribution is 7.99. The summed E-state index contributed by atoms with van der Waals surface area (Å²) in [4.78, 5) is 13.7. The van der Waals surface area contributed by atoms with Crippen LogP contribution in [0.3, 0.4) is 0 Å². The third-order valence-electron chi connectivity index (χ3n) is 6.35. The fourth-order valence-electron chi connectivity index (χ4n) is 4.20. The lowest BCUT2D eigenvalue weighted by molar-refractivity contribution is 0.104. The minimum atomic E-state index is 0.0634. The van der Waals surface area contributed by atoms with E-state index in [2.05, 4.69) is 50.2 Å². The van der Waals surface area contributed by atoms with Crippen LogP contribution in [0.15, 0.2) is 59.5 Å². The van der Waals surface area contributed by atoms with Gasteiger partial charge in [-0.2, -0.15) is 0 Å². The van der Waals surface area contributed by atoms with E-state index in [1.807, 2.05) is 30.0 Å². The van der Waals surface area contributed by atoms with Crippen molar-refractivity contribution in [3.8, 4) is 0 Å². The van der Waals surface area contributed by atoms with Crippen molar-refractivity contribution in [3.05, 3.63) is 71.3 Å². The number of benzene rings is 2. The maximum absolute atomic E-state index is 12.4. The fourth-order valence-corrected chi connectivity index (χ4v) is 5.11. The Morgan fingerprint density at radius 1 is 0.676 bits per heavy atom. The molecule has 0 aromatic heterocycles. The van der Waals surface area contributed by atoms with Gasteiger partial charge in [-0.1, -0.05) is 133 Å². The molecule has 2 rings (SSSR count). The van der Waals surface area contributed by atoms with Crippen LogP contribution >= 0.6 is 11.8 Å². The molecule has 2 heteroatoms. The summed E-state index contributed by atoms with van der Waals surface area (Å²) in [6, 6.07) is 16.6. The first kappa shape index (κ1) is 28.4. The van der Waals surface area contributed by atoms with Crippen LogP contribution in [0, 0.1) is 0 Å². The van der Waals surface area contributed by atoms with Crippen molar-refractivity contribution in [2.75, 3.05) is 5.75 Å². The quantitative estimate of drug-likeness (QED) is 0.0864. The van der Waals surface area contributed by atoms with E-state index in [9.17, 15) is 4.79 Å². The molecule has 2 aromatic carbocycles. The first-order valence-corrected chi connectivity index (χ1v) is 14.8. The lowest BCUT2D eigenvalue weighted by Crippen LogP contribution is -1.94. The molecule has 1 nitrogen and oxygen atoms in total. The van der Waals surface area contributed by atoms with Crippen molar-refractivity contribution in [3.63, 3.8) is 0 Å². The predicted octanol–water partition coefficient (Wildman–Crippen LogP) is 10.3. The summed E-state index contributed by atoms with van der Waals surface area (Å²) in [7, 11) is 0. The smallest absolute Gasteiger partial charge is 0.185 e. The zero-order valence-electron chi connectivity index (χ0n) is 21.7. The molecule has 34 heavy (non-hydrogen) atoms. The maximum Gasteiger partial charge on any atom is 0.185 e. The summed E-state index contributed by atoms with van der Waals surface area (Å²) in [6.45, 7) is 4.46. The second-order valence-electron chi connectivity index (χ2n) is 9.45. The number of thioether (sulfide) groups is 1. The van der Waals surface area contributed by atoms with E-state index in [1.54, 1.807) is 6.08 Å². The van der Waals surface area contributed by atoms with Crippen LogP contribution in [0.1, 0.15) is 119 Å². The van der Waals surface area contributed by atoms with Crippen LogP contribution in [-0.4, -0.2) is 11.5 Å². The van der Waals surface area contributed by atoms with Gasteiger partial charge in [-0.15, -0.1) is 11.8 Å². The Hall–Kier alpha value is -1.80. The van der Waals surface area contributed by atoms with Gasteiger partial charge in [-0.05, 0) is 47.9 Å². The van der Waals surface area contributed by atoms with Crippen LogP contribution < -0.4 is 0 Å². The first-order chi connectivity index (χ1) is 16.7. The summed E-state index contributed by atoms with van der Waals surface area (Å²) in [5.41, 5.74) is 3.12. The van der Waals surface area contributed by atoms with E-state index in [4.69, 9.17) is 0 Å². The molecule has 2 aromatic rings. The van der Waals surface area contributed by atoms with E-state index in [0.717, 1.165) is 24.0 Å². The molecule has 0 atom stereocenters. The van der Waals surface area contributed by atoms with E-state index < -0.39 is 0 Å². The summed E-state index contributed by atoms with van der Waals surface area (Å²) in [5.74, 6) is 1.26. The van der Waals surface area contributed by atoms with Crippen LogP contribution in [0.5, 0.6) is 0 Å². The monoisotopic (exact) mass is 478 g/mol. The van der Waals surface area contributed by atoms with Crippen LogP contribution in [0.25, 0.3) is 6.08 Å². The maximum atomic E-state index is 12.4. The standard InChI is InChI=1S/C32H46OS/c1-3-5-6-7-8-9-10-11-12-13-14-15-27-34-31-24-19-29(20-25-31)21-26-32(33)30-22-17-28(16-4-2)18-23-30/h17-26H,3-16,27H2,1-2H3/b26-21+. The number of rotatable bonds is 19. The zero-order chi connectivity index (χ0) is 24.3. The molecule has 0 amide bonds. The molecule has 0 spiro atoms. The number of allylic oxidation sites excluding steroid dienone is 1. The van der Waals surface area contributed by atoms with Gasteiger partial charge in [0, 0.05) is 10.5 Å². The second-order valence-corrected chi connectivity index (χ2v) is 10.6. The third-order valence-corrected chi connectivity index (χ3v) is 7.45. The molecule has 0 unspecified atom stereocenters. The molecule has 0 aliphatic rings.